The van der Waals surface area contributed by atoms with E-state index in [4.69, 9.17) is 76.8 Å². The molecule has 7 aliphatic heterocycles. The van der Waals surface area contributed by atoms with E-state index >= 15 is 0 Å². The molecule has 0 aliphatic carbocycles. The molecular weight excluding hydrogens is 1840 g/mol. The van der Waals surface area contributed by atoms with Crippen LogP contribution in [0, 0.1) is 11.8 Å². The maximum atomic E-state index is 13.5. The van der Waals surface area contributed by atoms with Crippen LogP contribution in [0.1, 0.15) is 134 Å². The molecule has 5 aromatic heterocycles. The summed E-state index contributed by atoms with van der Waals surface area (Å²) in [6.07, 6.45) is -1.65. The number of nitrogens with zero attached hydrogens (tertiary/aromatic N) is 7. The van der Waals surface area contributed by atoms with Crippen molar-refractivity contribution in [2.45, 2.75) is 151 Å². The van der Waals surface area contributed by atoms with Gasteiger partial charge in [-0.15, -0.1) is 27.7 Å². The van der Waals surface area contributed by atoms with Gasteiger partial charge in [0, 0.05) is 106 Å². The SMILES string of the molecule is C=C1Cn2c(cc3c(c2=O)COC(=O)C3(CC)OC(=O)CNC(=O)CCC(=O)OCC(C)COC(CO)OC)C1=NC.CCC1(O)C(=O)OCc2c1cc1n(c2=O)Cc2cc3ccccc3nc2-1.CCC1(OC(=O)CN2C(=O)CCC2=O)C(=O)OCc2c1cc1n(c2=O)Cc2cc3ccccc3nc2-1.COC(CO)OCC(C)CO.[3H]C(P)(S)I.[3H]C(P)PF.[3H]CP. The summed E-state index contributed by atoms with van der Waals surface area (Å²) in [5.74, 6) is -7.07. The lowest BCUT2D eigenvalue weighted by atomic mass is 9.85. The number of amides is 3. The number of aliphatic hydroxyl groups excluding tert-OH is 3. The van der Waals surface area contributed by atoms with Crippen molar-refractivity contribution in [3.63, 3.8) is 0 Å². The van der Waals surface area contributed by atoms with E-state index < -0.39 is 119 Å². The molecule has 14 rings (SSSR count). The van der Waals surface area contributed by atoms with E-state index in [1.165, 1.54) is 18.8 Å². The Kier molecular flexibility index (Phi) is 36.4. The summed E-state index contributed by atoms with van der Waals surface area (Å²) in [5, 5.41) is 41.4. The number of thiol groups is 1. The number of allylic oxidation sites excluding steroid dienone is 1. The lowest BCUT2D eigenvalue weighted by molar-refractivity contribution is -0.190. The molecule has 5 N–H and O–H groups in total. The van der Waals surface area contributed by atoms with Crippen LogP contribution in [-0.4, -0.2) is 210 Å². The number of cyclic esters (lactones) is 3. The zero-order chi connectivity index (χ0) is 94.4. The highest BCUT2D eigenvalue weighted by molar-refractivity contribution is 14.1. The van der Waals surface area contributed by atoms with Gasteiger partial charge in [-0.3, -0.25) is 53.0 Å². The molecule has 0 bridgehead atoms. The van der Waals surface area contributed by atoms with E-state index in [0.29, 0.717) is 71.5 Å². The van der Waals surface area contributed by atoms with Crippen LogP contribution in [0.15, 0.2) is 110 Å². The molecule has 41 heteroatoms. The number of nitrogens with one attached hydrogen (secondary N) is 1. The summed E-state index contributed by atoms with van der Waals surface area (Å²) in [6.45, 7) is 12.4. The number of carbonyl (C=O) groups excluding carboxylic acids is 9. The van der Waals surface area contributed by atoms with Gasteiger partial charge in [0.2, 0.25) is 28.9 Å². The fourth-order valence-corrected chi connectivity index (χ4v) is 14.3. The minimum atomic E-state index is -1.89. The zero-order valence-electron chi connectivity index (χ0n) is 73.0. The lowest BCUT2D eigenvalue weighted by Gasteiger charge is -2.36. The number of benzene rings is 2. The first kappa shape index (κ1) is 97.0. The minimum absolute atomic E-state index is 0.00658. The number of para-hydroxylation sites is 2. The van der Waals surface area contributed by atoms with Crippen molar-refractivity contribution < 1.29 is 119 Å². The first-order chi connectivity index (χ1) is 60.8. The number of fused-ring (bicyclic) bond motifs is 12. The Bertz CT molecular complexity index is 5510. The van der Waals surface area contributed by atoms with E-state index in [1.807, 2.05) is 99.4 Å². The number of aliphatic hydroxyl groups is 4. The third kappa shape index (κ3) is 23.7. The Morgan fingerprint density at radius 3 is 1.55 bits per heavy atom. The van der Waals surface area contributed by atoms with Gasteiger partial charge < -0.3 is 86.8 Å². The normalized spacial score (nSPS) is 19.9. The summed E-state index contributed by atoms with van der Waals surface area (Å²) in [5.41, 5.74) is 2.54. The number of pyridine rings is 5. The van der Waals surface area contributed by atoms with Crippen LogP contribution < -0.4 is 22.0 Å². The zero-order valence-corrected chi connectivity index (χ0v) is 77.5. The second kappa shape index (κ2) is 46.9. The second-order valence-electron chi connectivity index (χ2n) is 28.9. The fraction of sp³-hybridized carbons (Fsp3) is 0.464. The van der Waals surface area contributed by atoms with E-state index in [-0.39, 0.29) is 150 Å². The molecule has 125 heavy (non-hydrogen) atoms. The lowest BCUT2D eigenvalue weighted by Crippen LogP contribution is -2.49. The number of hydrogen-bond acceptors (Lipinski definition) is 30. The molecule has 0 saturated carbocycles. The Morgan fingerprint density at radius 2 is 1.11 bits per heavy atom. The summed E-state index contributed by atoms with van der Waals surface area (Å²) < 4.78 is 86.4. The van der Waals surface area contributed by atoms with Gasteiger partial charge >= 0.3 is 35.8 Å². The Labute approximate surface area is 751 Å². The van der Waals surface area contributed by atoms with Gasteiger partial charge in [-0.2, -0.15) is 12.6 Å². The highest BCUT2D eigenvalue weighted by Gasteiger charge is 2.53. The number of likely N-dealkylation sites (tertiary alicyclic amines) is 1. The minimum Gasteiger partial charge on any atom is -0.465 e. The largest absolute Gasteiger partial charge is 0.465 e. The van der Waals surface area contributed by atoms with E-state index in [0.717, 1.165) is 43.5 Å². The monoisotopic (exact) mass is 1950 g/mol. The van der Waals surface area contributed by atoms with Crippen LogP contribution in [0.2, 0.25) is 0 Å². The van der Waals surface area contributed by atoms with Gasteiger partial charge in [0.1, 0.15) is 32.9 Å². The maximum Gasteiger partial charge on any atom is 0.355 e. The van der Waals surface area contributed by atoms with Gasteiger partial charge in [-0.25, -0.2) is 28.5 Å². The highest BCUT2D eigenvalue weighted by Crippen LogP contribution is 2.44. The number of esters is 6. The molecule has 7 aliphatic rings. The van der Waals surface area contributed by atoms with Crippen molar-refractivity contribution in [1.29, 1.82) is 0 Å². The van der Waals surface area contributed by atoms with Crippen LogP contribution in [0.25, 0.3) is 44.6 Å². The van der Waals surface area contributed by atoms with Crippen molar-refractivity contribution in [2.24, 2.45) is 16.8 Å². The third-order valence-electron chi connectivity index (χ3n) is 20.8. The van der Waals surface area contributed by atoms with Gasteiger partial charge in [0.25, 0.3) is 16.7 Å². The number of aliphatic imine (C=N–C) groups is 1. The molecule has 3 amide bonds. The molecule has 7 aromatic rings. The number of imide groups is 1. The average molecular weight is 1950 g/mol. The predicted molar refractivity (Wildman–Crippen MR) is 481 cm³/mol. The standard InChI is InChI=1S/C28H37N3O11.C26H21N3O7.C20H16N2O4.C7H16O4.CH5FP2.CH4IPS.CH5P/c1-6-28(19-9-20-25(29-4)17(3)11-31(20)26(36)18(19)15-41-27(28)37)42-23(35)10-30-21(33)7-8-22(34)39-13-16(2)14-40-24(12-32)38-5;1-2-26(36-22(32)12-29-20(30)7-8-21(29)31)17-10-19-23-15(9-14-5-3-4-6-18(14)27-23)11-28(19)24(33)16(17)13-35-25(26)34;1-2-20(25)14-8-16-17-12(7-11-5-3-4-6-15(11)21-17)9-22(16)18(23)13(14)10-26-19(20)24;1-6(3-8)5-11-7(4-9)10-2;2-4-1-3;2-1(3)4;1-2/h9,16,24,32H,3,6-8,10-15H2,1-2,4-5H3,(H,30,33);3-6,9-10H,2,7-8,11-13H2,1H3;3-8,25H,2,9-10H2,1H3;6-9H,3-5H2,1-2H3;4H,1,3H2;1,4H,3H2;2H2,1H3/i;;;;3*1T. The Morgan fingerprint density at radius 1 is 0.680 bits per heavy atom. The van der Waals surface area contributed by atoms with Crippen molar-refractivity contribution >= 4 is 153 Å². The summed E-state index contributed by atoms with van der Waals surface area (Å²) in [7, 11) is 10.2. The van der Waals surface area contributed by atoms with Crippen LogP contribution in [0.4, 0.5) is 4.20 Å². The molecule has 12 heterocycles. The van der Waals surface area contributed by atoms with Crippen molar-refractivity contribution in [2.75, 3.05) is 86.5 Å². The van der Waals surface area contributed by atoms with Gasteiger partial charge in [0.05, 0.1) is 134 Å². The molecule has 13 atom stereocenters. The predicted octanol–water partition coefficient (Wildman–Crippen LogP) is 6.94. The fourth-order valence-electron chi connectivity index (χ4n) is 14.3. The number of aromatic nitrogens is 5. The number of carbonyl (C=O) groups is 9. The molecule has 1 fully saturated rings. The maximum absolute atomic E-state index is 13.5. The molecule has 1 saturated heterocycles. The molecule has 0 radical (unpaired) electrons. The van der Waals surface area contributed by atoms with Gasteiger partial charge in [-0.05, 0) is 67.3 Å². The number of ether oxygens (including phenoxy) is 10. The van der Waals surface area contributed by atoms with Crippen molar-refractivity contribution in [1.82, 2.24) is 33.9 Å². The first-order valence-electron chi connectivity index (χ1n) is 41.1. The smallest absolute Gasteiger partial charge is 0.355 e. The number of rotatable bonds is 26. The third-order valence-corrected chi connectivity index (χ3v) is 21.3. The number of alkyl halides is 1. The number of hydrogen-bond donors (Lipinski definition) is 6. The summed E-state index contributed by atoms with van der Waals surface area (Å²) in [4.78, 5) is 166. The molecule has 676 valence electrons. The Hall–Kier alpha value is -8.64. The molecular formula is C84H104FIN8O26P4S. The topological polar surface area (TPSA) is 446 Å². The summed E-state index contributed by atoms with van der Waals surface area (Å²) >= 11 is 5.61. The molecule has 2 aromatic carbocycles. The second-order valence-corrected chi connectivity index (χ2v) is 35.2. The average Bonchev–Trinajstić information content (AvgIpc) is 1.49. The first-order valence-corrected chi connectivity index (χ1v) is 43.9. The Balaban J connectivity index is 0.000000213. The van der Waals surface area contributed by atoms with Crippen molar-refractivity contribution in [3.05, 3.63) is 172 Å². The van der Waals surface area contributed by atoms with E-state index in [9.17, 15) is 66.8 Å². The van der Waals surface area contributed by atoms with E-state index in [2.05, 4.69) is 48.0 Å². The molecule has 13 unspecified atom stereocenters. The van der Waals surface area contributed by atoms with Gasteiger partial charge in [-0.1, -0.05) is 107 Å². The summed E-state index contributed by atoms with van der Waals surface area (Å²) in [6, 6.07) is 24.4. The van der Waals surface area contributed by atoms with E-state index in [1.54, 1.807) is 62.1 Å². The quantitative estimate of drug-likeness (QED) is 0.00467. The van der Waals surface area contributed by atoms with Crippen LogP contribution in [0.3, 0.4) is 0 Å². The van der Waals surface area contributed by atoms with Crippen molar-refractivity contribution in [3.8, 4) is 22.8 Å². The van der Waals surface area contributed by atoms with Crippen LogP contribution in [0.5, 0.6) is 0 Å². The number of halogens is 2. The van der Waals surface area contributed by atoms with Gasteiger partial charge in [0.15, 0.2) is 18.2 Å². The van der Waals surface area contributed by atoms with Crippen LogP contribution in [-0.2, 0) is 147 Å². The molecule has 34 nitrogen and oxygen atoms in total. The van der Waals surface area contributed by atoms with Crippen LogP contribution >= 0.6 is 71.8 Å². The number of methoxy groups -OCH3 is 2. The molecule has 0 spiro atoms. The highest BCUT2D eigenvalue weighted by atomic mass is 127.